The first-order valence-electron chi connectivity index (χ1n) is 9.49. The molecule has 0 aliphatic carbocycles. The van der Waals surface area contributed by atoms with Gasteiger partial charge in [-0.05, 0) is 64.9 Å². The summed E-state index contributed by atoms with van der Waals surface area (Å²) in [4.78, 5) is 11.4. The monoisotopic (exact) mass is 377 g/mol. The summed E-state index contributed by atoms with van der Waals surface area (Å²) in [6.07, 6.45) is 0. The molecule has 0 atom stereocenters. The van der Waals surface area contributed by atoms with Crippen molar-refractivity contribution < 1.29 is 4.79 Å². The van der Waals surface area contributed by atoms with Crippen molar-refractivity contribution in [1.82, 2.24) is 9.78 Å². The number of nitrogens with zero attached hydrogens (tertiary/aromatic N) is 2. The number of aryl methyl sites for hydroxylation is 1. The van der Waals surface area contributed by atoms with Gasteiger partial charge in [-0.25, -0.2) is 4.68 Å². The average molecular weight is 377 g/mol. The van der Waals surface area contributed by atoms with Gasteiger partial charge in [-0.3, -0.25) is 4.79 Å². The van der Waals surface area contributed by atoms with Gasteiger partial charge in [0.15, 0.2) is 0 Å². The van der Waals surface area contributed by atoms with E-state index in [0.717, 1.165) is 22.6 Å². The summed E-state index contributed by atoms with van der Waals surface area (Å²) in [7, 11) is 0. The number of aromatic nitrogens is 2. The molecule has 5 rings (SSSR count). The van der Waals surface area contributed by atoms with E-state index in [1.807, 2.05) is 23.7 Å². The molecule has 4 aromatic carbocycles. The molecule has 1 aromatic heterocycles. The van der Waals surface area contributed by atoms with E-state index >= 15 is 0 Å². The smallest absolute Gasteiger partial charge is 0.248 e. The fraction of sp³-hybridized carbons (Fsp3) is 0.0400. The van der Waals surface area contributed by atoms with E-state index in [9.17, 15) is 4.79 Å². The van der Waals surface area contributed by atoms with E-state index in [0.29, 0.717) is 5.56 Å². The topological polar surface area (TPSA) is 60.9 Å². The van der Waals surface area contributed by atoms with Crippen molar-refractivity contribution in [1.29, 1.82) is 0 Å². The number of hydrogen-bond acceptors (Lipinski definition) is 2. The third-order valence-corrected chi connectivity index (χ3v) is 5.27. The number of rotatable bonds is 3. The van der Waals surface area contributed by atoms with Gasteiger partial charge in [0.05, 0.1) is 17.1 Å². The molecule has 1 amide bonds. The van der Waals surface area contributed by atoms with Crippen LogP contribution in [0.1, 0.15) is 16.1 Å². The molecule has 0 bridgehead atoms. The highest BCUT2D eigenvalue weighted by Gasteiger charge is 2.15. The van der Waals surface area contributed by atoms with E-state index < -0.39 is 5.91 Å². The fourth-order valence-corrected chi connectivity index (χ4v) is 3.92. The molecule has 0 saturated carbocycles. The van der Waals surface area contributed by atoms with Crippen molar-refractivity contribution in [2.24, 2.45) is 5.73 Å². The number of carbonyl (C=O) groups is 1. The molecule has 4 nitrogen and oxygen atoms in total. The summed E-state index contributed by atoms with van der Waals surface area (Å²) in [6, 6.07) is 28.4. The number of hydrogen-bond donors (Lipinski definition) is 1. The molecule has 0 fully saturated rings. The molecule has 2 N–H and O–H groups in total. The predicted molar refractivity (Wildman–Crippen MR) is 117 cm³/mol. The Morgan fingerprint density at radius 3 is 2.21 bits per heavy atom. The fourth-order valence-electron chi connectivity index (χ4n) is 3.92. The van der Waals surface area contributed by atoms with Crippen LogP contribution in [0.5, 0.6) is 0 Å². The molecule has 0 unspecified atom stereocenters. The van der Waals surface area contributed by atoms with Crippen LogP contribution in [-0.2, 0) is 0 Å². The number of benzene rings is 4. The minimum Gasteiger partial charge on any atom is -0.366 e. The molecule has 1 heterocycles. The van der Waals surface area contributed by atoms with Gasteiger partial charge >= 0.3 is 0 Å². The number of nitrogens with two attached hydrogens (primary N) is 1. The van der Waals surface area contributed by atoms with Crippen LogP contribution in [0.2, 0.25) is 0 Å². The predicted octanol–water partition coefficient (Wildman–Crippen LogP) is 5.25. The Balaban J connectivity index is 1.79. The van der Waals surface area contributed by atoms with Crippen molar-refractivity contribution in [2.45, 2.75) is 6.92 Å². The molecule has 0 spiro atoms. The molecule has 29 heavy (non-hydrogen) atoms. The first-order chi connectivity index (χ1) is 14.1. The first-order valence-corrected chi connectivity index (χ1v) is 9.49. The standard InChI is InChI=1S/C25H19N3O/c1-16-14-24(28(27-16)19-12-10-17(11-13-19)25(26)29)23-15-18-6-2-3-7-20(18)21-8-4-5-9-22(21)23/h2-15H,1H3,(H2,26,29). The number of primary amides is 1. The van der Waals surface area contributed by atoms with Crippen molar-refractivity contribution >= 4 is 27.5 Å². The Morgan fingerprint density at radius 2 is 1.48 bits per heavy atom. The lowest BCUT2D eigenvalue weighted by Crippen LogP contribution is -2.11. The Bertz CT molecular complexity index is 1380. The van der Waals surface area contributed by atoms with E-state index in [1.54, 1.807) is 12.1 Å². The van der Waals surface area contributed by atoms with Crippen molar-refractivity contribution in [2.75, 3.05) is 0 Å². The third-order valence-electron chi connectivity index (χ3n) is 5.27. The molecule has 5 aromatic rings. The second-order valence-corrected chi connectivity index (χ2v) is 7.18. The van der Waals surface area contributed by atoms with Gasteiger partial charge in [-0.1, -0.05) is 48.5 Å². The van der Waals surface area contributed by atoms with Gasteiger partial charge < -0.3 is 5.73 Å². The lowest BCUT2D eigenvalue weighted by atomic mass is 9.95. The quantitative estimate of drug-likeness (QED) is 0.436. The molecule has 0 radical (unpaired) electrons. The van der Waals surface area contributed by atoms with Crippen LogP contribution in [0.25, 0.3) is 38.5 Å². The second kappa shape index (κ2) is 6.60. The zero-order valence-electron chi connectivity index (χ0n) is 16.0. The third kappa shape index (κ3) is 2.86. The molecular formula is C25H19N3O. The number of amides is 1. The SMILES string of the molecule is Cc1cc(-c2cc3ccccc3c3ccccc23)n(-c2ccc(C(N)=O)cc2)n1. The number of fused-ring (bicyclic) bond motifs is 3. The van der Waals surface area contributed by atoms with E-state index in [4.69, 9.17) is 10.8 Å². The molecular weight excluding hydrogens is 358 g/mol. The van der Waals surface area contributed by atoms with Crippen molar-refractivity contribution in [3.63, 3.8) is 0 Å². The van der Waals surface area contributed by atoms with Gasteiger partial charge in [0.1, 0.15) is 0 Å². The summed E-state index contributed by atoms with van der Waals surface area (Å²) in [5, 5.41) is 9.55. The van der Waals surface area contributed by atoms with E-state index in [1.165, 1.54) is 21.5 Å². The summed E-state index contributed by atoms with van der Waals surface area (Å²) in [6.45, 7) is 1.99. The highest BCUT2D eigenvalue weighted by atomic mass is 16.1. The van der Waals surface area contributed by atoms with Crippen LogP contribution >= 0.6 is 0 Å². The molecule has 140 valence electrons. The Morgan fingerprint density at radius 1 is 0.828 bits per heavy atom. The van der Waals surface area contributed by atoms with Crippen LogP contribution in [0, 0.1) is 6.92 Å². The van der Waals surface area contributed by atoms with Crippen LogP contribution < -0.4 is 5.73 Å². The van der Waals surface area contributed by atoms with Crippen molar-refractivity contribution in [3.8, 4) is 16.9 Å². The summed E-state index contributed by atoms with van der Waals surface area (Å²) < 4.78 is 1.93. The maximum atomic E-state index is 11.4. The van der Waals surface area contributed by atoms with Crippen LogP contribution in [-0.4, -0.2) is 15.7 Å². The van der Waals surface area contributed by atoms with Crippen molar-refractivity contribution in [3.05, 3.63) is 96.2 Å². The second-order valence-electron chi connectivity index (χ2n) is 7.18. The normalized spacial score (nSPS) is 11.2. The van der Waals surface area contributed by atoms with Gasteiger partial charge in [0.2, 0.25) is 5.91 Å². The van der Waals surface area contributed by atoms with Gasteiger partial charge in [0.25, 0.3) is 0 Å². The van der Waals surface area contributed by atoms with Gasteiger partial charge in [-0.15, -0.1) is 0 Å². The maximum absolute atomic E-state index is 11.4. The summed E-state index contributed by atoms with van der Waals surface area (Å²) in [5.74, 6) is -0.436. The van der Waals surface area contributed by atoms with Gasteiger partial charge in [0, 0.05) is 11.1 Å². The minimum atomic E-state index is -0.436. The zero-order valence-corrected chi connectivity index (χ0v) is 16.0. The first kappa shape index (κ1) is 17.2. The van der Waals surface area contributed by atoms with Crippen LogP contribution in [0.4, 0.5) is 0 Å². The Hall–Kier alpha value is -3.92. The van der Waals surface area contributed by atoms with Gasteiger partial charge in [-0.2, -0.15) is 5.10 Å². The highest BCUT2D eigenvalue weighted by Crippen LogP contribution is 2.36. The summed E-state index contributed by atoms with van der Waals surface area (Å²) in [5.41, 5.74) is 9.81. The Kier molecular flexibility index (Phi) is 3.91. The number of carbonyl (C=O) groups excluding carboxylic acids is 1. The van der Waals surface area contributed by atoms with Crippen LogP contribution in [0.15, 0.2) is 84.9 Å². The molecule has 4 heteroatoms. The molecule has 0 aliphatic rings. The van der Waals surface area contributed by atoms with E-state index in [2.05, 4.69) is 60.7 Å². The minimum absolute atomic E-state index is 0.436. The highest BCUT2D eigenvalue weighted by molar-refractivity contribution is 6.13. The van der Waals surface area contributed by atoms with Crippen LogP contribution in [0.3, 0.4) is 0 Å². The lowest BCUT2D eigenvalue weighted by Gasteiger charge is -2.13. The molecule has 0 saturated heterocycles. The maximum Gasteiger partial charge on any atom is 0.248 e. The molecule has 0 aliphatic heterocycles. The lowest BCUT2D eigenvalue weighted by molar-refractivity contribution is 0.100. The Labute approximate surface area is 168 Å². The average Bonchev–Trinajstić information content (AvgIpc) is 3.14. The van der Waals surface area contributed by atoms with E-state index in [-0.39, 0.29) is 0 Å². The summed E-state index contributed by atoms with van der Waals surface area (Å²) >= 11 is 0. The zero-order chi connectivity index (χ0) is 20.0. The largest absolute Gasteiger partial charge is 0.366 e.